The van der Waals surface area contributed by atoms with Crippen LogP contribution in [0.4, 0.5) is 10.1 Å². The molecule has 0 bridgehead atoms. The van der Waals surface area contributed by atoms with Gasteiger partial charge in [0.2, 0.25) is 12.7 Å². The van der Waals surface area contributed by atoms with Crippen molar-refractivity contribution in [3.05, 3.63) is 62.9 Å². The van der Waals surface area contributed by atoms with Gasteiger partial charge in [-0.1, -0.05) is 40.0 Å². The molecule has 2 heterocycles. The Morgan fingerprint density at radius 3 is 2.72 bits per heavy atom. The molecule has 2 aromatic heterocycles. The average Bonchev–Trinajstić information content (AvgIpc) is 3.27. The molecule has 0 aliphatic rings. The number of nitrogens with zero attached hydrogens (tertiary/aromatic N) is 4. The van der Waals surface area contributed by atoms with E-state index in [2.05, 4.69) is 25.9 Å². The molecule has 0 saturated carbocycles. The van der Waals surface area contributed by atoms with Crippen LogP contribution in [0.25, 0.3) is 5.82 Å². The molecular formula is C22H20Cl3FN6O4. The van der Waals surface area contributed by atoms with Gasteiger partial charge >= 0.3 is 0 Å². The van der Waals surface area contributed by atoms with Gasteiger partial charge in [-0.15, -0.1) is 5.10 Å². The highest BCUT2D eigenvalue weighted by molar-refractivity contribution is 6.38. The van der Waals surface area contributed by atoms with Crippen LogP contribution in [-0.2, 0) is 4.84 Å². The summed E-state index contributed by atoms with van der Waals surface area (Å²) in [7, 11) is 0. The molecule has 0 saturated heterocycles. The summed E-state index contributed by atoms with van der Waals surface area (Å²) in [4.78, 5) is 35.1. The summed E-state index contributed by atoms with van der Waals surface area (Å²) in [5.41, 5.74) is -0.0901. The zero-order chi connectivity index (χ0) is 26.1. The number of anilines is 1. The molecule has 0 spiro atoms. The summed E-state index contributed by atoms with van der Waals surface area (Å²) < 4.78 is 18.6. The zero-order valence-electron chi connectivity index (χ0n) is 18.8. The number of carbonyl (C=O) groups is 2. The van der Waals surface area contributed by atoms with Crippen LogP contribution in [-0.4, -0.2) is 52.8 Å². The molecule has 3 rings (SSSR count). The van der Waals surface area contributed by atoms with Crippen molar-refractivity contribution in [1.29, 1.82) is 0 Å². The molecule has 0 aliphatic heterocycles. The van der Waals surface area contributed by atoms with E-state index in [1.165, 1.54) is 30.6 Å². The predicted octanol–water partition coefficient (Wildman–Crippen LogP) is 4.93. The number of ether oxygens (including phenoxy) is 1. The van der Waals surface area contributed by atoms with Gasteiger partial charge in [0.05, 0.1) is 21.3 Å². The van der Waals surface area contributed by atoms with E-state index in [0.29, 0.717) is 13.0 Å². The molecule has 2 amide bonds. The second kappa shape index (κ2) is 13.1. The Morgan fingerprint density at radius 2 is 2.00 bits per heavy atom. The van der Waals surface area contributed by atoms with Gasteiger partial charge in [0.1, 0.15) is 12.3 Å². The van der Waals surface area contributed by atoms with Crippen molar-refractivity contribution in [3.8, 4) is 11.7 Å². The highest BCUT2D eigenvalue weighted by Crippen LogP contribution is 2.31. The summed E-state index contributed by atoms with van der Waals surface area (Å²) in [6.45, 7) is 1.29. The first-order valence-corrected chi connectivity index (χ1v) is 11.6. The fourth-order valence-electron chi connectivity index (χ4n) is 2.92. The standard InChI is InChI=1S/C22H20Cl3FN6O4/c1-2-36-29-8-4-7-28-21(33)14-9-13(23)10-16(25)19(14)30-22(34)17-11-18(35-12-26)31-32(17)20-15(24)5-3-6-27-20/h3,5-6,8-11H,2,4,7,12H2,1H3,(H,28,33)(H,30,34)/b29-8+. The average molecular weight is 558 g/mol. The number of hydrogen-bond acceptors (Lipinski definition) is 7. The predicted molar refractivity (Wildman–Crippen MR) is 134 cm³/mol. The number of carbonyl (C=O) groups excluding carboxylic acids is 2. The highest BCUT2D eigenvalue weighted by atomic mass is 35.5. The first-order valence-electron chi connectivity index (χ1n) is 10.5. The third-order valence-electron chi connectivity index (χ3n) is 4.44. The molecule has 0 fully saturated rings. The van der Waals surface area contributed by atoms with Crippen LogP contribution in [0.15, 0.2) is 41.7 Å². The first kappa shape index (κ1) is 27.2. The van der Waals surface area contributed by atoms with Crippen LogP contribution in [0.3, 0.4) is 0 Å². The molecule has 0 aliphatic carbocycles. The number of pyridine rings is 1. The fraction of sp³-hybridized carbons (Fsp3) is 0.227. The van der Waals surface area contributed by atoms with Gasteiger partial charge in [0.15, 0.2) is 5.82 Å². The number of rotatable bonds is 11. The molecule has 0 radical (unpaired) electrons. The lowest BCUT2D eigenvalue weighted by molar-refractivity contribution is 0.0955. The first-order chi connectivity index (χ1) is 17.3. The molecule has 0 atom stereocenters. The Bertz CT molecular complexity index is 1270. The summed E-state index contributed by atoms with van der Waals surface area (Å²) in [6.07, 6.45) is 3.36. The largest absolute Gasteiger partial charge is 0.445 e. The SMILES string of the molecule is CCO/N=C/CCNC(=O)c1cc(Cl)cc(Cl)c1NC(=O)c1cc(OCF)nn1-c1ncccc1Cl. The third-order valence-corrected chi connectivity index (χ3v) is 5.25. The van der Waals surface area contributed by atoms with Crippen LogP contribution in [0, 0.1) is 0 Å². The number of amides is 2. The smallest absolute Gasteiger partial charge is 0.274 e. The number of aromatic nitrogens is 3. The van der Waals surface area contributed by atoms with E-state index in [0.717, 1.165) is 4.68 Å². The van der Waals surface area contributed by atoms with E-state index in [1.54, 1.807) is 19.1 Å². The van der Waals surface area contributed by atoms with Crippen LogP contribution in [0.5, 0.6) is 5.88 Å². The van der Waals surface area contributed by atoms with Crippen molar-refractivity contribution in [3.63, 3.8) is 0 Å². The zero-order valence-corrected chi connectivity index (χ0v) is 21.1. The Kier molecular flexibility index (Phi) is 9.86. The molecule has 3 aromatic rings. The fourth-order valence-corrected chi connectivity index (χ4v) is 3.67. The van der Waals surface area contributed by atoms with E-state index >= 15 is 0 Å². The van der Waals surface area contributed by atoms with E-state index in [-0.39, 0.29) is 50.3 Å². The van der Waals surface area contributed by atoms with Gasteiger partial charge in [-0.05, 0) is 31.2 Å². The molecular weight excluding hydrogens is 538 g/mol. The van der Waals surface area contributed by atoms with Crippen molar-refractivity contribution < 1.29 is 23.6 Å². The van der Waals surface area contributed by atoms with Crippen LogP contribution in [0.1, 0.15) is 34.2 Å². The van der Waals surface area contributed by atoms with E-state index in [9.17, 15) is 14.0 Å². The maximum atomic E-state index is 13.3. The maximum Gasteiger partial charge on any atom is 0.274 e. The lowest BCUT2D eigenvalue weighted by Crippen LogP contribution is -2.27. The van der Waals surface area contributed by atoms with Crippen molar-refractivity contribution in [2.75, 3.05) is 25.3 Å². The van der Waals surface area contributed by atoms with Crippen molar-refractivity contribution in [2.24, 2.45) is 5.16 Å². The number of benzene rings is 1. The number of hydrogen-bond donors (Lipinski definition) is 2. The minimum absolute atomic E-state index is 0.000576. The quantitative estimate of drug-likeness (QED) is 0.196. The van der Waals surface area contributed by atoms with Gasteiger partial charge in [-0.2, -0.15) is 0 Å². The normalized spacial score (nSPS) is 10.9. The number of halogens is 4. The third kappa shape index (κ3) is 6.84. The molecule has 0 unspecified atom stereocenters. The monoisotopic (exact) mass is 556 g/mol. The Morgan fingerprint density at radius 1 is 1.19 bits per heavy atom. The topological polar surface area (TPSA) is 120 Å². The summed E-state index contributed by atoms with van der Waals surface area (Å²) in [6, 6.07) is 7.06. The van der Waals surface area contributed by atoms with E-state index in [4.69, 9.17) is 44.4 Å². The molecule has 36 heavy (non-hydrogen) atoms. The van der Waals surface area contributed by atoms with Crippen molar-refractivity contribution in [2.45, 2.75) is 13.3 Å². The van der Waals surface area contributed by atoms with E-state index < -0.39 is 18.7 Å². The van der Waals surface area contributed by atoms with Gasteiger partial charge < -0.3 is 20.2 Å². The van der Waals surface area contributed by atoms with Gasteiger partial charge in [-0.25, -0.2) is 14.1 Å². The van der Waals surface area contributed by atoms with Gasteiger partial charge in [0, 0.05) is 36.5 Å². The van der Waals surface area contributed by atoms with Crippen molar-refractivity contribution >= 4 is 58.5 Å². The number of nitrogens with one attached hydrogen (secondary N) is 2. The second-order valence-corrected chi connectivity index (χ2v) is 8.11. The summed E-state index contributed by atoms with van der Waals surface area (Å²) in [5.74, 6) is -1.37. The molecule has 14 heteroatoms. The minimum atomic E-state index is -1.17. The maximum absolute atomic E-state index is 13.3. The molecule has 190 valence electrons. The highest BCUT2D eigenvalue weighted by Gasteiger charge is 2.23. The van der Waals surface area contributed by atoms with Crippen LogP contribution >= 0.6 is 34.8 Å². The molecule has 1 aromatic carbocycles. The Balaban J connectivity index is 1.89. The second-order valence-electron chi connectivity index (χ2n) is 6.86. The Labute approximate surface area is 220 Å². The van der Waals surface area contributed by atoms with E-state index in [1.807, 2.05) is 0 Å². The summed E-state index contributed by atoms with van der Waals surface area (Å²) in [5, 5.41) is 13.4. The van der Waals surface area contributed by atoms with Crippen molar-refractivity contribution in [1.82, 2.24) is 20.1 Å². The summed E-state index contributed by atoms with van der Waals surface area (Å²) >= 11 is 18.6. The van der Waals surface area contributed by atoms with Crippen LogP contribution in [0.2, 0.25) is 15.1 Å². The lowest BCUT2D eigenvalue weighted by atomic mass is 10.1. The number of oxime groups is 1. The minimum Gasteiger partial charge on any atom is -0.445 e. The molecule has 2 N–H and O–H groups in total. The molecule has 10 nitrogen and oxygen atoms in total. The Hall–Kier alpha value is -3.41. The van der Waals surface area contributed by atoms with Gasteiger partial charge in [0.25, 0.3) is 11.8 Å². The number of alkyl halides is 1. The van der Waals surface area contributed by atoms with Gasteiger partial charge in [-0.3, -0.25) is 9.59 Å². The lowest BCUT2D eigenvalue weighted by Gasteiger charge is -2.14. The van der Waals surface area contributed by atoms with Crippen LogP contribution < -0.4 is 15.4 Å².